The van der Waals surface area contributed by atoms with Gasteiger partial charge in [0, 0.05) is 43.6 Å². The molecule has 3 heterocycles. The number of piperidine rings is 1. The van der Waals surface area contributed by atoms with Gasteiger partial charge in [-0.15, -0.1) is 5.10 Å². The van der Waals surface area contributed by atoms with E-state index in [0.29, 0.717) is 43.3 Å². The van der Waals surface area contributed by atoms with Crippen LogP contribution >= 0.6 is 0 Å². The van der Waals surface area contributed by atoms with Crippen LogP contribution in [0, 0.1) is 24.5 Å². The average Bonchev–Trinajstić information content (AvgIpc) is 3.28. The Bertz CT molecular complexity index is 938. The standard InChI is InChI=1S/C20H23F2N5O2/c1-12-24-25-19(29-12)26-7-5-13(11-20(26,2)3)18(28)27-17(4-6-23-27)14-8-15(21)10-16(22)9-14/h6,8-10,13,17H,4-5,7,11H2,1-3H3/t13-,17-/m0/s1. The summed E-state index contributed by atoms with van der Waals surface area (Å²) in [6, 6.07) is 3.29. The molecule has 1 aromatic heterocycles. The Kier molecular flexibility index (Phi) is 4.84. The Morgan fingerprint density at radius 2 is 1.93 bits per heavy atom. The normalized spacial score (nSPS) is 23.6. The molecule has 0 unspecified atom stereocenters. The zero-order chi connectivity index (χ0) is 20.8. The maximum Gasteiger partial charge on any atom is 0.318 e. The van der Waals surface area contributed by atoms with E-state index in [2.05, 4.69) is 15.3 Å². The van der Waals surface area contributed by atoms with Crippen molar-refractivity contribution < 1.29 is 18.0 Å². The summed E-state index contributed by atoms with van der Waals surface area (Å²) in [5, 5.41) is 13.6. The summed E-state index contributed by atoms with van der Waals surface area (Å²) in [5.74, 6) is -1.23. The summed E-state index contributed by atoms with van der Waals surface area (Å²) in [4.78, 5) is 15.3. The van der Waals surface area contributed by atoms with E-state index in [-0.39, 0.29) is 17.4 Å². The minimum atomic E-state index is -0.663. The number of hydrogen-bond acceptors (Lipinski definition) is 6. The van der Waals surface area contributed by atoms with Gasteiger partial charge in [-0.2, -0.15) is 5.10 Å². The zero-order valence-corrected chi connectivity index (χ0v) is 16.6. The van der Waals surface area contributed by atoms with Crippen molar-refractivity contribution in [3.8, 4) is 0 Å². The van der Waals surface area contributed by atoms with Crippen molar-refractivity contribution in [2.75, 3.05) is 11.4 Å². The summed E-state index contributed by atoms with van der Waals surface area (Å²) in [6.45, 7) is 6.37. The first kappa shape index (κ1) is 19.5. The number of hydrogen-bond donors (Lipinski definition) is 0. The number of halogens is 2. The predicted octanol–water partition coefficient (Wildman–Crippen LogP) is 3.61. The van der Waals surface area contributed by atoms with Crippen LogP contribution in [0.3, 0.4) is 0 Å². The van der Waals surface area contributed by atoms with Crippen LogP contribution in [-0.2, 0) is 4.79 Å². The Hall–Kier alpha value is -2.84. The van der Waals surface area contributed by atoms with Gasteiger partial charge < -0.3 is 9.32 Å². The summed E-state index contributed by atoms with van der Waals surface area (Å²) in [7, 11) is 0. The third kappa shape index (κ3) is 3.73. The lowest BCUT2D eigenvalue weighted by Gasteiger charge is -2.44. The molecule has 4 rings (SSSR count). The van der Waals surface area contributed by atoms with Crippen LogP contribution < -0.4 is 4.90 Å². The highest BCUT2D eigenvalue weighted by Gasteiger charge is 2.43. The van der Waals surface area contributed by atoms with Gasteiger partial charge in [0.05, 0.1) is 6.04 Å². The van der Waals surface area contributed by atoms with Gasteiger partial charge >= 0.3 is 6.01 Å². The first-order chi connectivity index (χ1) is 13.7. The van der Waals surface area contributed by atoms with Crippen molar-refractivity contribution >= 4 is 18.1 Å². The monoisotopic (exact) mass is 403 g/mol. The minimum absolute atomic E-state index is 0.136. The Balaban J connectivity index is 1.51. The molecule has 2 aromatic rings. The van der Waals surface area contributed by atoms with Crippen LogP contribution in [0.25, 0.3) is 0 Å². The van der Waals surface area contributed by atoms with E-state index in [0.717, 1.165) is 6.07 Å². The molecule has 154 valence electrons. The third-order valence-electron chi connectivity index (χ3n) is 5.60. The number of hydrazone groups is 1. The average molecular weight is 403 g/mol. The molecule has 2 atom stereocenters. The summed E-state index contributed by atoms with van der Waals surface area (Å²) in [5.41, 5.74) is 0.0351. The minimum Gasteiger partial charge on any atom is -0.408 e. The van der Waals surface area contributed by atoms with Crippen LogP contribution in [0.1, 0.15) is 50.6 Å². The number of aryl methyl sites for hydroxylation is 1. The van der Waals surface area contributed by atoms with Gasteiger partial charge in [-0.05, 0) is 44.4 Å². The zero-order valence-electron chi connectivity index (χ0n) is 16.6. The number of amides is 1. The molecule has 2 aliphatic rings. The molecular formula is C20H23F2N5O2. The van der Waals surface area contributed by atoms with Crippen molar-refractivity contribution in [2.24, 2.45) is 11.0 Å². The number of rotatable bonds is 3. The molecule has 0 radical (unpaired) electrons. The molecule has 1 aromatic carbocycles. The number of benzene rings is 1. The molecule has 0 spiro atoms. The van der Waals surface area contributed by atoms with Gasteiger partial charge in [-0.25, -0.2) is 13.8 Å². The van der Waals surface area contributed by atoms with Crippen LogP contribution in [0.5, 0.6) is 0 Å². The van der Waals surface area contributed by atoms with Crippen molar-refractivity contribution in [2.45, 2.75) is 51.6 Å². The molecule has 0 N–H and O–H groups in total. The van der Waals surface area contributed by atoms with Gasteiger partial charge in [0.15, 0.2) is 0 Å². The molecule has 0 aliphatic carbocycles. The van der Waals surface area contributed by atoms with E-state index >= 15 is 0 Å². The lowest BCUT2D eigenvalue weighted by atomic mass is 9.82. The second-order valence-corrected chi connectivity index (χ2v) is 8.19. The largest absolute Gasteiger partial charge is 0.408 e. The number of anilines is 1. The Morgan fingerprint density at radius 3 is 2.55 bits per heavy atom. The van der Waals surface area contributed by atoms with E-state index in [9.17, 15) is 13.6 Å². The molecular weight excluding hydrogens is 380 g/mol. The Morgan fingerprint density at radius 1 is 1.21 bits per heavy atom. The molecule has 1 saturated heterocycles. The first-order valence-electron chi connectivity index (χ1n) is 9.64. The fourth-order valence-electron chi connectivity index (χ4n) is 4.22. The van der Waals surface area contributed by atoms with E-state index in [4.69, 9.17) is 4.42 Å². The fraction of sp³-hybridized carbons (Fsp3) is 0.500. The SMILES string of the molecule is Cc1nnc(N2CC[C@H](C(=O)N3N=CC[C@H]3c3cc(F)cc(F)c3)CC2(C)C)o1. The van der Waals surface area contributed by atoms with Crippen LogP contribution in [-0.4, -0.2) is 39.4 Å². The maximum atomic E-state index is 13.7. The van der Waals surface area contributed by atoms with Crippen molar-refractivity contribution in [3.05, 3.63) is 41.3 Å². The highest BCUT2D eigenvalue weighted by Crippen LogP contribution is 2.38. The first-order valence-corrected chi connectivity index (χ1v) is 9.64. The highest BCUT2D eigenvalue weighted by atomic mass is 19.1. The smallest absolute Gasteiger partial charge is 0.318 e. The van der Waals surface area contributed by atoms with E-state index < -0.39 is 17.7 Å². The highest BCUT2D eigenvalue weighted by molar-refractivity contribution is 5.82. The molecule has 1 fully saturated rings. The summed E-state index contributed by atoms with van der Waals surface area (Å²) >= 11 is 0. The summed E-state index contributed by atoms with van der Waals surface area (Å²) < 4.78 is 32.9. The van der Waals surface area contributed by atoms with Crippen molar-refractivity contribution in [1.29, 1.82) is 0 Å². The number of aromatic nitrogens is 2. The van der Waals surface area contributed by atoms with Gasteiger partial charge in [0.1, 0.15) is 11.6 Å². The van der Waals surface area contributed by atoms with Crippen molar-refractivity contribution in [3.63, 3.8) is 0 Å². The second kappa shape index (κ2) is 7.20. The fourth-order valence-corrected chi connectivity index (χ4v) is 4.22. The second-order valence-electron chi connectivity index (χ2n) is 8.19. The third-order valence-corrected chi connectivity index (χ3v) is 5.60. The van der Waals surface area contributed by atoms with E-state index in [1.165, 1.54) is 17.1 Å². The number of carbonyl (C=O) groups is 1. The predicted molar refractivity (Wildman–Crippen MR) is 102 cm³/mol. The van der Waals surface area contributed by atoms with Crippen LogP contribution in [0.2, 0.25) is 0 Å². The molecule has 2 aliphatic heterocycles. The molecule has 0 bridgehead atoms. The lowest BCUT2D eigenvalue weighted by molar-refractivity contribution is -0.138. The molecule has 1 amide bonds. The van der Waals surface area contributed by atoms with Gasteiger partial charge in [0.25, 0.3) is 0 Å². The number of carbonyl (C=O) groups excluding carboxylic acids is 1. The van der Waals surface area contributed by atoms with Crippen LogP contribution in [0.15, 0.2) is 27.7 Å². The van der Waals surface area contributed by atoms with Gasteiger partial charge in [-0.3, -0.25) is 4.79 Å². The van der Waals surface area contributed by atoms with E-state index in [1.807, 2.05) is 18.7 Å². The molecule has 9 heteroatoms. The topological polar surface area (TPSA) is 74.8 Å². The molecule has 0 saturated carbocycles. The molecule has 29 heavy (non-hydrogen) atoms. The summed E-state index contributed by atoms with van der Waals surface area (Å²) in [6.07, 6.45) is 3.22. The van der Waals surface area contributed by atoms with Gasteiger partial charge in [0.2, 0.25) is 11.8 Å². The number of nitrogens with zero attached hydrogens (tertiary/aromatic N) is 5. The van der Waals surface area contributed by atoms with Crippen molar-refractivity contribution in [1.82, 2.24) is 15.2 Å². The van der Waals surface area contributed by atoms with Crippen LogP contribution in [0.4, 0.5) is 14.8 Å². The quantitative estimate of drug-likeness (QED) is 0.783. The Labute approximate surface area is 167 Å². The van der Waals surface area contributed by atoms with Gasteiger partial charge in [-0.1, -0.05) is 5.10 Å². The van der Waals surface area contributed by atoms with E-state index in [1.54, 1.807) is 13.1 Å². The maximum absolute atomic E-state index is 13.7. The molecule has 7 nitrogen and oxygen atoms in total. The lowest BCUT2D eigenvalue weighted by Crippen LogP contribution is -2.53.